The first-order chi connectivity index (χ1) is 7.22. The first-order valence-electron chi connectivity index (χ1n) is 5.08. The molecule has 0 saturated carbocycles. The molecule has 0 aliphatic rings. The number of anilines is 1. The summed E-state index contributed by atoms with van der Waals surface area (Å²) < 4.78 is 28.1. The third-order valence-corrected chi connectivity index (χ3v) is 3.05. The molecule has 0 atom stereocenters. The summed E-state index contributed by atoms with van der Waals surface area (Å²) in [4.78, 5) is 0. The van der Waals surface area contributed by atoms with Crippen LogP contribution in [0.1, 0.15) is 33.4 Å². The number of hydrogen-bond donors (Lipinski definition) is 3. The summed E-state index contributed by atoms with van der Waals surface area (Å²) in [5.74, 6) is 0.300. The summed E-state index contributed by atoms with van der Waals surface area (Å²) in [6.45, 7) is 7.27. The molecule has 1 rings (SSSR count). The Hall–Kier alpha value is -1.08. The van der Waals surface area contributed by atoms with Crippen LogP contribution in [-0.4, -0.2) is 24.2 Å². The van der Waals surface area contributed by atoms with E-state index in [1.54, 1.807) is 26.8 Å². The van der Waals surface area contributed by atoms with Gasteiger partial charge in [0.05, 0.1) is 0 Å². The van der Waals surface area contributed by atoms with Crippen LogP contribution >= 0.6 is 0 Å². The second-order valence-corrected chi connectivity index (χ2v) is 6.00. The Balaban J connectivity index is 2.73. The van der Waals surface area contributed by atoms with E-state index in [0.717, 1.165) is 12.1 Å². The quantitative estimate of drug-likeness (QED) is 0.741. The zero-order valence-electron chi connectivity index (χ0n) is 9.96. The molecule has 1 aromatic rings. The van der Waals surface area contributed by atoms with Gasteiger partial charge in [0.25, 0.3) is 0 Å². The molecule has 1 aromatic heterocycles. The van der Waals surface area contributed by atoms with E-state index in [9.17, 15) is 8.42 Å². The minimum absolute atomic E-state index is 0.300. The smallest absolute Gasteiger partial charge is 0.280 e. The molecule has 0 aromatic carbocycles. The molecule has 0 unspecified atom stereocenters. The zero-order valence-corrected chi connectivity index (χ0v) is 10.8. The molecule has 0 spiro atoms. The van der Waals surface area contributed by atoms with Crippen LogP contribution in [0.5, 0.6) is 0 Å². The van der Waals surface area contributed by atoms with Crippen LogP contribution in [-0.2, 0) is 16.6 Å². The summed E-state index contributed by atoms with van der Waals surface area (Å²) in [6, 6.07) is 1.67. The van der Waals surface area contributed by atoms with Gasteiger partial charge in [-0.25, -0.2) is 0 Å². The van der Waals surface area contributed by atoms with Crippen LogP contribution in [0.3, 0.4) is 0 Å². The number of H-pyrrole nitrogens is 1. The minimum Gasteiger partial charge on any atom is -0.280 e. The lowest BCUT2D eigenvalue weighted by molar-refractivity contribution is 0.494. The molecule has 0 radical (unpaired) electrons. The number of nitrogens with one attached hydrogen (secondary N) is 3. The Bertz CT molecular complexity index is 444. The second kappa shape index (κ2) is 4.42. The van der Waals surface area contributed by atoms with Gasteiger partial charge in [-0.2, -0.15) is 18.2 Å². The van der Waals surface area contributed by atoms with Gasteiger partial charge in [-0.3, -0.25) is 9.82 Å². The van der Waals surface area contributed by atoms with E-state index in [0.29, 0.717) is 5.82 Å². The highest BCUT2D eigenvalue weighted by molar-refractivity contribution is 7.90. The van der Waals surface area contributed by atoms with Crippen molar-refractivity contribution in [2.24, 2.45) is 0 Å². The van der Waals surface area contributed by atoms with Gasteiger partial charge in [-0.15, -0.1) is 0 Å². The van der Waals surface area contributed by atoms with E-state index in [4.69, 9.17) is 0 Å². The van der Waals surface area contributed by atoms with E-state index in [1.165, 1.54) is 0 Å². The first kappa shape index (κ1) is 13.0. The van der Waals surface area contributed by atoms with Crippen LogP contribution < -0.4 is 9.44 Å². The lowest BCUT2D eigenvalue weighted by atomic mass is 10.1. The van der Waals surface area contributed by atoms with E-state index in [-0.39, 0.29) is 0 Å². The van der Waals surface area contributed by atoms with Crippen LogP contribution in [0.2, 0.25) is 0 Å². The number of aryl methyl sites for hydroxylation is 1. The second-order valence-electron chi connectivity index (χ2n) is 4.59. The largest absolute Gasteiger partial charge is 0.300 e. The van der Waals surface area contributed by atoms with Gasteiger partial charge in [0.15, 0.2) is 5.82 Å². The predicted octanol–water partition coefficient (Wildman–Crippen LogP) is 1.02. The van der Waals surface area contributed by atoms with E-state index < -0.39 is 15.7 Å². The molecule has 0 aliphatic heterocycles. The molecule has 0 amide bonds. The fourth-order valence-electron chi connectivity index (χ4n) is 1.16. The van der Waals surface area contributed by atoms with E-state index >= 15 is 0 Å². The molecular formula is C9H18N4O2S. The number of aromatic nitrogens is 2. The number of aromatic amines is 1. The Labute approximate surface area is 96.0 Å². The van der Waals surface area contributed by atoms with Crippen molar-refractivity contribution < 1.29 is 8.42 Å². The van der Waals surface area contributed by atoms with Gasteiger partial charge in [0, 0.05) is 17.3 Å². The molecule has 6 nitrogen and oxygen atoms in total. The molecule has 7 heteroatoms. The molecular weight excluding hydrogens is 228 g/mol. The lowest BCUT2D eigenvalue weighted by Gasteiger charge is -2.20. The van der Waals surface area contributed by atoms with Crippen molar-refractivity contribution in [1.82, 2.24) is 14.9 Å². The third kappa shape index (κ3) is 4.19. The predicted molar refractivity (Wildman–Crippen MR) is 63.4 cm³/mol. The monoisotopic (exact) mass is 246 g/mol. The van der Waals surface area contributed by atoms with Crippen LogP contribution in [0.4, 0.5) is 5.82 Å². The topological polar surface area (TPSA) is 86.9 Å². The average molecular weight is 246 g/mol. The molecule has 16 heavy (non-hydrogen) atoms. The summed E-state index contributed by atoms with van der Waals surface area (Å²) in [5, 5.41) is 6.58. The average Bonchev–Trinajstić information content (AvgIpc) is 2.46. The Morgan fingerprint density at radius 3 is 2.50 bits per heavy atom. The first-order valence-corrected chi connectivity index (χ1v) is 6.56. The fourth-order valence-corrected chi connectivity index (χ4v) is 2.40. The van der Waals surface area contributed by atoms with Gasteiger partial charge in [-0.1, -0.05) is 6.92 Å². The standard InChI is InChI=1S/C9H18N4O2S/c1-5-7-6-8(11-10-7)12-16(14,15)13-9(2,3)4/h6,13H,5H2,1-4H3,(H2,10,11,12). The van der Waals surface area contributed by atoms with Crippen molar-refractivity contribution in [1.29, 1.82) is 0 Å². The maximum absolute atomic E-state index is 11.6. The van der Waals surface area contributed by atoms with Crippen molar-refractivity contribution in [3.8, 4) is 0 Å². The maximum atomic E-state index is 11.6. The highest BCUT2D eigenvalue weighted by Gasteiger charge is 2.20. The van der Waals surface area contributed by atoms with Gasteiger partial charge in [0.1, 0.15) is 0 Å². The normalized spacial score (nSPS) is 12.8. The fraction of sp³-hybridized carbons (Fsp3) is 0.667. The van der Waals surface area contributed by atoms with Crippen molar-refractivity contribution in [2.75, 3.05) is 4.72 Å². The molecule has 0 aliphatic carbocycles. The van der Waals surface area contributed by atoms with Crippen molar-refractivity contribution in [3.05, 3.63) is 11.8 Å². The summed E-state index contributed by atoms with van der Waals surface area (Å²) in [7, 11) is -3.57. The molecule has 1 heterocycles. The van der Waals surface area contributed by atoms with Crippen LogP contribution in [0.25, 0.3) is 0 Å². The summed E-state index contributed by atoms with van der Waals surface area (Å²) in [5.41, 5.74) is 0.365. The highest BCUT2D eigenvalue weighted by Crippen LogP contribution is 2.09. The van der Waals surface area contributed by atoms with Crippen LogP contribution in [0.15, 0.2) is 6.07 Å². The number of nitrogens with zero attached hydrogens (tertiary/aromatic N) is 1. The van der Waals surface area contributed by atoms with E-state index in [2.05, 4.69) is 19.6 Å². The zero-order chi connectivity index (χ0) is 12.4. The number of rotatable bonds is 4. The SMILES string of the molecule is CCc1cc(NS(=O)(=O)NC(C)(C)C)n[nH]1. The van der Waals surface area contributed by atoms with Gasteiger partial charge >= 0.3 is 10.2 Å². The number of hydrogen-bond acceptors (Lipinski definition) is 3. The highest BCUT2D eigenvalue weighted by atomic mass is 32.2. The minimum atomic E-state index is -3.57. The van der Waals surface area contributed by atoms with Crippen molar-refractivity contribution >= 4 is 16.0 Å². The third-order valence-electron chi connectivity index (χ3n) is 1.69. The Kier molecular flexibility index (Phi) is 3.59. The Morgan fingerprint density at radius 2 is 2.06 bits per heavy atom. The lowest BCUT2D eigenvalue weighted by Crippen LogP contribution is -2.43. The molecule has 0 fully saturated rings. The summed E-state index contributed by atoms with van der Waals surface area (Å²) in [6.07, 6.45) is 0.779. The molecule has 0 saturated heterocycles. The van der Waals surface area contributed by atoms with Gasteiger partial charge in [-0.05, 0) is 27.2 Å². The summed E-state index contributed by atoms with van der Waals surface area (Å²) >= 11 is 0. The van der Waals surface area contributed by atoms with Gasteiger partial charge in [0.2, 0.25) is 0 Å². The van der Waals surface area contributed by atoms with Crippen LogP contribution in [0, 0.1) is 0 Å². The maximum Gasteiger partial charge on any atom is 0.300 e. The van der Waals surface area contributed by atoms with Gasteiger partial charge < -0.3 is 0 Å². The van der Waals surface area contributed by atoms with E-state index in [1.807, 2.05) is 6.92 Å². The Morgan fingerprint density at radius 1 is 1.44 bits per heavy atom. The molecule has 0 bridgehead atoms. The van der Waals surface area contributed by atoms with Crippen molar-refractivity contribution in [2.45, 2.75) is 39.7 Å². The van der Waals surface area contributed by atoms with Crippen molar-refractivity contribution in [3.63, 3.8) is 0 Å². The molecule has 3 N–H and O–H groups in total. The molecule has 92 valence electrons.